The smallest absolute Gasteiger partial charge is 0.144 e. The monoisotopic (exact) mass is 262 g/mol. The lowest BCUT2D eigenvalue weighted by Gasteiger charge is -2.08. The molecule has 2 aromatic rings. The fourth-order valence-corrected chi connectivity index (χ4v) is 2.21. The van der Waals surface area contributed by atoms with Crippen LogP contribution in [0.2, 0.25) is 0 Å². The first-order valence-electron chi connectivity index (χ1n) is 5.94. The molecule has 0 aliphatic heterocycles. The molecular weight excluding hydrogens is 247 g/mol. The summed E-state index contributed by atoms with van der Waals surface area (Å²) in [5.41, 5.74) is 9.87. The molecule has 0 spiro atoms. The van der Waals surface area contributed by atoms with Gasteiger partial charge in [0.2, 0.25) is 0 Å². The van der Waals surface area contributed by atoms with E-state index in [-0.39, 0.29) is 11.9 Å². The third-order valence-corrected chi connectivity index (χ3v) is 3.14. The van der Waals surface area contributed by atoms with Gasteiger partial charge >= 0.3 is 0 Å². The van der Waals surface area contributed by atoms with Gasteiger partial charge in [0.25, 0.3) is 0 Å². The maximum Gasteiger partial charge on any atom is 0.144 e. The van der Waals surface area contributed by atoms with Gasteiger partial charge in [-0.2, -0.15) is 0 Å². The maximum absolute atomic E-state index is 13.6. The Hall–Kier alpha value is -2.20. The van der Waals surface area contributed by atoms with Gasteiger partial charge in [-0.15, -0.1) is 0 Å². The highest BCUT2D eigenvalue weighted by Crippen LogP contribution is 2.32. The minimum absolute atomic E-state index is 0.185. The molecule has 6 heteroatoms. The van der Waals surface area contributed by atoms with Gasteiger partial charge < -0.3 is 9.30 Å². The number of rotatable bonds is 4. The van der Waals surface area contributed by atoms with Gasteiger partial charge in [0.05, 0.1) is 18.7 Å². The minimum atomic E-state index is -0.258. The van der Waals surface area contributed by atoms with Crippen LogP contribution < -0.4 is 4.74 Å². The molecular formula is C13H15FN4O. The second-order valence-electron chi connectivity index (χ2n) is 4.47. The van der Waals surface area contributed by atoms with Crippen molar-refractivity contribution in [3.05, 3.63) is 40.2 Å². The maximum atomic E-state index is 13.6. The van der Waals surface area contributed by atoms with E-state index in [0.29, 0.717) is 17.9 Å². The van der Waals surface area contributed by atoms with Gasteiger partial charge in [0.15, 0.2) is 0 Å². The highest BCUT2D eigenvalue weighted by molar-refractivity contribution is 5.90. The number of nitrogens with zero attached hydrogens (tertiary/aromatic N) is 4. The number of aryl methyl sites for hydroxylation is 1. The van der Waals surface area contributed by atoms with E-state index in [1.807, 2.05) is 11.5 Å². The molecule has 0 saturated heterocycles. The van der Waals surface area contributed by atoms with Crippen molar-refractivity contribution in [3.63, 3.8) is 0 Å². The Morgan fingerprint density at radius 1 is 1.53 bits per heavy atom. The molecule has 0 amide bonds. The van der Waals surface area contributed by atoms with Gasteiger partial charge in [-0.05, 0) is 30.2 Å². The SMILES string of the molecule is COc1cn(C[C@H](C)N=[N+]=[N-])c2ccc(F)c(C)c12. The van der Waals surface area contributed by atoms with Crippen molar-refractivity contribution >= 4 is 10.9 Å². The largest absolute Gasteiger partial charge is 0.495 e. The van der Waals surface area contributed by atoms with Crippen molar-refractivity contribution in [1.82, 2.24) is 4.57 Å². The van der Waals surface area contributed by atoms with Crippen LogP contribution in [0.4, 0.5) is 4.39 Å². The predicted molar refractivity (Wildman–Crippen MR) is 71.8 cm³/mol. The van der Waals surface area contributed by atoms with Crippen molar-refractivity contribution < 1.29 is 9.13 Å². The van der Waals surface area contributed by atoms with Crippen LogP contribution in [-0.2, 0) is 6.54 Å². The number of benzene rings is 1. The number of ether oxygens (including phenoxy) is 1. The fourth-order valence-electron chi connectivity index (χ4n) is 2.21. The second-order valence-corrected chi connectivity index (χ2v) is 4.47. The molecule has 5 nitrogen and oxygen atoms in total. The second kappa shape index (κ2) is 5.20. The van der Waals surface area contributed by atoms with Gasteiger partial charge in [0.1, 0.15) is 11.6 Å². The Labute approximate surface area is 110 Å². The number of halogens is 1. The summed E-state index contributed by atoms with van der Waals surface area (Å²) in [7, 11) is 1.56. The van der Waals surface area contributed by atoms with E-state index >= 15 is 0 Å². The van der Waals surface area contributed by atoms with Crippen LogP contribution in [0.25, 0.3) is 21.3 Å². The molecule has 0 fully saturated rings. The molecule has 0 aliphatic carbocycles. The molecule has 1 aromatic carbocycles. The first-order valence-corrected chi connectivity index (χ1v) is 5.94. The Kier molecular flexibility index (Phi) is 3.62. The number of methoxy groups -OCH3 is 1. The number of hydrogen-bond donors (Lipinski definition) is 0. The zero-order valence-electron chi connectivity index (χ0n) is 11.1. The molecule has 2 rings (SSSR count). The van der Waals surface area contributed by atoms with Crippen LogP contribution in [0.1, 0.15) is 12.5 Å². The number of hydrogen-bond acceptors (Lipinski definition) is 2. The van der Waals surface area contributed by atoms with E-state index in [9.17, 15) is 4.39 Å². The van der Waals surface area contributed by atoms with Crippen LogP contribution in [0.3, 0.4) is 0 Å². The lowest BCUT2D eigenvalue weighted by molar-refractivity contribution is 0.416. The van der Waals surface area contributed by atoms with Crippen LogP contribution in [-0.4, -0.2) is 17.7 Å². The summed E-state index contributed by atoms with van der Waals surface area (Å²) in [5.74, 6) is 0.367. The van der Waals surface area contributed by atoms with Gasteiger partial charge in [-0.1, -0.05) is 12.0 Å². The summed E-state index contributed by atoms with van der Waals surface area (Å²) >= 11 is 0. The Balaban J connectivity index is 2.57. The number of fused-ring (bicyclic) bond motifs is 1. The van der Waals surface area contributed by atoms with Crippen LogP contribution in [0.5, 0.6) is 5.75 Å². The molecule has 1 heterocycles. The zero-order valence-corrected chi connectivity index (χ0v) is 11.1. The molecule has 0 saturated carbocycles. The standard InChI is InChI=1S/C13H15FN4O/c1-8(16-17-15)6-18-7-12(19-3)13-9(2)10(14)4-5-11(13)18/h4-5,7-8H,6H2,1-3H3/t8-/m0/s1. The lowest BCUT2D eigenvalue weighted by atomic mass is 10.1. The van der Waals surface area contributed by atoms with Crippen molar-refractivity contribution in [2.24, 2.45) is 5.11 Å². The minimum Gasteiger partial charge on any atom is -0.495 e. The Bertz CT molecular complexity index is 658. The highest BCUT2D eigenvalue weighted by atomic mass is 19.1. The Morgan fingerprint density at radius 2 is 2.26 bits per heavy atom. The van der Waals surface area contributed by atoms with Gasteiger partial charge in [-0.3, -0.25) is 0 Å². The highest BCUT2D eigenvalue weighted by Gasteiger charge is 2.14. The van der Waals surface area contributed by atoms with E-state index in [1.165, 1.54) is 6.07 Å². The van der Waals surface area contributed by atoms with E-state index in [4.69, 9.17) is 10.3 Å². The predicted octanol–water partition coefficient (Wildman–Crippen LogP) is 3.80. The first kappa shape index (κ1) is 13.2. The van der Waals surface area contributed by atoms with Crippen molar-refractivity contribution in [2.45, 2.75) is 26.4 Å². The molecule has 19 heavy (non-hydrogen) atoms. The summed E-state index contributed by atoms with van der Waals surface area (Å²) in [6.45, 7) is 4.07. The molecule has 0 aliphatic rings. The molecule has 1 aromatic heterocycles. The van der Waals surface area contributed by atoms with Crippen LogP contribution in [0, 0.1) is 12.7 Å². The zero-order chi connectivity index (χ0) is 14.0. The fraction of sp³-hybridized carbons (Fsp3) is 0.385. The normalized spacial score (nSPS) is 12.2. The third kappa shape index (κ3) is 2.35. The third-order valence-electron chi connectivity index (χ3n) is 3.14. The summed E-state index contributed by atoms with van der Waals surface area (Å²) in [6, 6.07) is 2.96. The van der Waals surface area contributed by atoms with Gasteiger partial charge in [0, 0.05) is 23.0 Å². The van der Waals surface area contributed by atoms with Gasteiger partial charge in [-0.25, -0.2) is 4.39 Å². The van der Waals surface area contributed by atoms with E-state index in [2.05, 4.69) is 10.0 Å². The quantitative estimate of drug-likeness (QED) is 0.469. The van der Waals surface area contributed by atoms with E-state index in [0.717, 1.165) is 10.9 Å². The summed E-state index contributed by atoms with van der Waals surface area (Å²) in [4.78, 5) is 2.79. The first-order chi connectivity index (χ1) is 9.08. The molecule has 100 valence electrons. The van der Waals surface area contributed by atoms with E-state index in [1.54, 1.807) is 26.3 Å². The van der Waals surface area contributed by atoms with Crippen LogP contribution in [0.15, 0.2) is 23.4 Å². The summed E-state index contributed by atoms with van der Waals surface area (Å²) < 4.78 is 20.8. The summed E-state index contributed by atoms with van der Waals surface area (Å²) in [6.07, 6.45) is 1.81. The molecule has 0 unspecified atom stereocenters. The van der Waals surface area contributed by atoms with Crippen molar-refractivity contribution in [3.8, 4) is 5.75 Å². The number of azide groups is 1. The van der Waals surface area contributed by atoms with Crippen molar-refractivity contribution in [1.29, 1.82) is 0 Å². The topological polar surface area (TPSA) is 62.9 Å². The molecule has 1 atom stereocenters. The average Bonchev–Trinajstić information content (AvgIpc) is 2.73. The average molecular weight is 262 g/mol. The lowest BCUT2D eigenvalue weighted by Crippen LogP contribution is -2.08. The Morgan fingerprint density at radius 3 is 2.89 bits per heavy atom. The van der Waals surface area contributed by atoms with Crippen LogP contribution >= 0.6 is 0 Å². The number of aromatic nitrogens is 1. The molecule has 0 bridgehead atoms. The van der Waals surface area contributed by atoms with Crippen molar-refractivity contribution in [2.75, 3.05) is 7.11 Å². The summed E-state index contributed by atoms with van der Waals surface area (Å²) in [5, 5.41) is 4.41. The van der Waals surface area contributed by atoms with E-state index < -0.39 is 0 Å². The molecule has 0 N–H and O–H groups in total. The molecule has 0 radical (unpaired) electrons.